The van der Waals surface area contributed by atoms with Crippen LogP contribution >= 0.6 is 7.60 Å². The van der Waals surface area contributed by atoms with Crippen LogP contribution in [0.5, 0.6) is 0 Å². The zero-order chi connectivity index (χ0) is 16.4. The van der Waals surface area contributed by atoms with Crippen LogP contribution in [0.4, 0.5) is 0 Å². The van der Waals surface area contributed by atoms with E-state index < -0.39 is 19.8 Å². The molecule has 0 aliphatic heterocycles. The lowest BCUT2D eigenvalue weighted by Crippen LogP contribution is -2.50. The van der Waals surface area contributed by atoms with Crippen molar-refractivity contribution in [2.75, 3.05) is 13.3 Å². The Morgan fingerprint density at radius 2 is 1.62 bits per heavy atom. The summed E-state index contributed by atoms with van der Waals surface area (Å²) in [6.45, 7) is 14.5. The number of aliphatic hydroxyl groups excluding tert-OH is 1. The summed E-state index contributed by atoms with van der Waals surface area (Å²) in [5, 5.41) is 10.5. The predicted octanol–water partition coefficient (Wildman–Crippen LogP) is 4.18. The number of rotatable bonds is 6. The van der Waals surface area contributed by atoms with Crippen molar-refractivity contribution < 1.29 is 18.7 Å². The number of aliphatic hydroxyl groups is 1. The highest BCUT2D eigenvalue weighted by Gasteiger charge is 2.45. The molecule has 21 heavy (non-hydrogen) atoms. The molecule has 0 saturated heterocycles. The van der Waals surface area contributed by atoms with Crippen LogP contribution in [0, 0.1) is 29.6 Å². The second-order valence-electron chi connectivity index (χ2n) is 7.08. The predicted molar refractivity (Wildman–Crippen MR) is 86.5 cm³/mol. The first-order valence-corrected chi connectivity index (χ1v) is 10.2. The Morgan fingerprint density at radius 1 is 1.10 bits per heavy atom. The van der Waals surface area contributed by atoms with Gasteiger partial charge in [0.15, 0.2) is 0 Å². The molecule has 0 bridgehead atoms. The molecule has 0 heterocycles. The third-order valence-corrected chi connectivity index (χ3v) is 6.73. The molecule has 7 unspecified atom stereocenters. The average Bonchev–Trinajstić information content (AvgIpc) is 2.45. The van der Waals surface area contributed by atoms with Gasteiger partial charge in [0, 0.05) is 6.66 Å². The Kier molecular flexibility index (Phi) is 6.92. The summed E-state index contributed by atoms with van der Waals surface area (Å²) in [7, 11) is -3.14. The molecule has 0 aromatic heterocycles. The van der Waals surface area contributed by atoms with Gasteiger partial charge in [0.25, 0.3) is 0 Å². The minimum Gasteiger partial charge on any atom is -0.390 e. The van der Waals surface area contributed by atoms with Crippen molar-refractivity contribution in [2.24, 2.45) is 29.6 Å². The van der Waals surface area contributed by atoms with E-state index in [0.717, 1.165) is 6.42 Å². The molecule has 0 aromatic carbocycles. The summed E-state index contributed by atoms with van der Waals surface area (Å²) in [4.78, 5) is 0. The summed E-state index contributed by atoms with van der Waals surface area (Å²) < 4.78 is 23.8. The Labute approximate surface area is 130 Å². The van der Waals surface area contributed by atoms with Gasteiger partial charge in [-0.25, -0.2) is 0 Å². The van der Waals surface area contributed by atoms with Crippen molar-refractivity contribution in [3.8, 4) is 0 Å². The van der Waals surface area contributed by atoms with Gasteiger partial charge < -0.3 is 14.2 Å². The maximum absolute atomic E-state index is 12.5. The number of hydrogen-bond acceptors (Lipinski definition) is 4. The molecule has 1 fully saturated rings. The van der Waals surface area contributed by atoms with Gasteiger partial charge in [-0.3, -0.25) is 4.57 Å². The molecule has 126 valence electrons. The summed E-state index contributed by atoms with van der Waals surface area (Å²) in [6, 6.07) is 0. The fourth-order valence-corrected chi connectivity index (χ4v) is 4.31. The van der Waals surface area contributed by atoms with Crippen LogP contribution in [0.2, 0.25) is 0 Å². The van der Waals surface area contributed by atoms with Crippen molar-refractivity contribution in [3.63, 3.8) is 0 Å². The van der Waals surface area contributed by atoms with Crippen molar-refractivity contribution in [1.82, 2.24) is 0 Å². The zero-order valence-electron chi connectivity index (χ0n) is 14.6. The van der Waals surface area contributed by atoms with Gasteiger partial charge in [-0.1, -0.05) is 48.0 Å². The van der Waals surface area contributed by atoms with Crippen LogP contribution in [0.25, 0.3) is 0 Å². The van der Waals surface area contributed by atoms with Crippen molar-refractivity contribution in [1.29, 1.82) is 0 Å². The Balaban J connectivity index is 2.72. The van der Waals surface area contributed by atoms with Gasteiger partial charge in [-0.2, -0.15) is 0 Å². The quantitative estimate of drug-likeness (QED) is 0.746. The summed E-state index contributed by atoms with van der Waals surface area (Å²) >= 11 is 0. The Bertz CT molecular complexity index is 357. The first-order chi connectivity index (χ1) is 9.60. The topological polar surface area (TPSA) is 55.8 Å². The van der Waals surface area contributed by atoms with E-state index in [0.29, 0.717) is 24.4 Å². The molecule has 8 atom stereocenters. The maximum atomic E-state index is 12.5. The molecule has 0 spiro atoms. The van der Waals surface area contributed by atoms with Gasteiger partial charge in [0.05, 0.1) is 18.8 Å². The third-order valence-electron chi connectivity index (χ3n) is 5.49. The fraction of sp³-hybridized carbons (Fsp3) is 1.00. The normalized spacial score (nSPS) is 41.5. The Hall–Kier alpha value is 0.110. The van der Waals surface area contributed by atoms with Gasteiger partial charge in [0.1, 0.15) is 0 Å². The zero-order valence-corrected chi connectivity index (χ0v) is 15.5. The van der Waals surface area contributed by atoms with Crippen LogP contribution in [0.1, 0.15) is 48.0 Å². The van der Waals surface area contributed by atoms with E-state index >= 15 is 0 Å². The highest BCUT2D eigenvalue weighted by atomic mass is 31.2. The van der Waals surface area contributed by atoms with E-state index in [-0.39, 0.29) is 11.8 Å². The molecule has 5 heteroatoms. The highest BCUT2D eigenvalue weighted by Crippen LogP contribution is 2.51. The van der Waals surface area contributed by atoms with E-state index in [1.807, 2.05) is 6.92 Å². The van der Waals surface area contributed by atoms with Crippen LogP contribution in [-0.4, -0.2) is 30.6 Å². The molecule has 4 nitrogen and oxygen atoms in total. The van der Waals surface area contributed by atoms with Crippen molar-refractivity contribution in [3.05, 3.63) is 0 Å². The van der Waals surface area contributed by atoms with E-state index in [9.17, 15) is 9.67 Å². The molecule has 1 aliphatic rings. The molecule has 0 radical (unpaired) electrons. The molecular formula is C16H33O4P. The standard InChI is InChI=1S/C16H33O4P/c1-8-10(2)9-19-21(7,18)20-16-14(6)12(4)11(3)13(5)15(16)17/h10-17H,8-9H2,1-7H3/t10-,11?,12?,13?,14?,15?,16?,21?/m1/s1. The van der Waals surface area contributed by atoms with Crippen LogP contribution < -0.4 is 0 Å². The molecule has 1 aliphatic carbocycles. The average molecular weight is 320 g/mol. The summed E-state index contributed by atoms with van der Waals surface area (Å²) in [5.74, 6) is 1.49. The second kappa shape index (κ2) is 7.59. The van der Waals surface area contributed by atoms with Gasteiger partial charge in [0.2, 0.25) is 0 Å². The van der Waals surface area contributed by atoms with Crippen LogP contribution in [0.15, 0.2) is 0 Å². The highest BCUT2D eigenvalue weighted by molar-refractivity contribution is 7.53. The first-order valence-electron chi connectivity index (χ1n) is 8.19. The lowest BCUT2D eigenvalue weighted by molar-refractivity contribution is -0.101. The molecular weight excluding hydrogens is 287 g/mol. The van der Waals surface area contributed by atoms with Gasteiger partial charge in [-0.05, 0) is 29.6 Å². The minimum atomic E-state index is -3.14. The van der Waals surface area contributed by atoms with Gasteiger partial charge in [-0.15, -0.1) is 0 Å². The second-order valence-corrected chi connectivity index (χ2v) is 9.09. The first kappa shape index (κ1) is 19.2. The maximum Gasteiger partial charge on any atom is 0.328 e. The van der Waals surface area contributed by atoms with E-state index in [2.05, 4.69) is 34.6 Å². The molecule has 1 N–H and O–H groups in total. The van der Waals surface area contributed by atoms with Crippen molar-refractivity contribution in [2.45, 2.75) is 60.2 Å². The van der Waals surface area contributed by atoms with Crippen molar-refractivity contribution >= 4 is 7.60 Å². The molecule has 1 saturated carbocycles. The molecule has 1 rings (SSSR count). The smallest absolute Gasteiger partial charge is 0.328 e. The molecule has 0 aromatic rings. The van der Waals surface area contributed by atoms with E-state index in [4.69, 9.17) is 9.05 Å². The molecule has 0 amide bonds. The Morgan fingerprint density at radius 3 is 2.14 bits per heavy atom. The van der Waals surface area contributed by atoms with Crippen LogP contribution in [0.3, 0.4) is 0 Å². The summed E-state index contributed by atoms with van der Waals surface area (Å²) in [5.41, 5.74) is 0. The SMILES string of the molecule is CC[C@@H](C)COP(C)(=O)OC1C(C)C(C)C(C)C(C)C1O. The largest absolute Gasteiger partial charge is 0.390 e. The number of hydrogen-bond donors (Lipinski definition) is 1. The monoisotopic (exact) mass is 320 g/mol. The third kappa shape index (κ3) is 4.79. The van der Waals surface area contributed by atoms with Crippen LogP contribution in [-0.2, 0) is 13.6 Å². The van der Waals surface area contributed by atoms with E-state index in [1.165, 1.54) is 6.66 Å². The van der Waals surface area contributed by atoms with Gasteiger partial charge >= 0.3 is 7.60 Å². The lowest BCUT2D eigenvalue weighted by atomic mass is 9.66. The fourth-order valence-electron chi connectivity index (χ4n) is 2.97. The lowest BCUT2D eigenvalue weighted by Gasteiger charge is -2.46. The minimum absolute atomic E-state index is 0.135. The summed E-state index contributed by atoms with van der Waals surface area (Å²) in [6.07, 6.45) is -0.0285. The van der Waals surface area contributed by atoms with E-state index in [1.54, 1.807) is 0 Å².